The largest absolute Gasteiger partial charge is 0.388 e. The Hall–Kier alpha value is -1.36. The topological polar surface area (TPSA) is 75.4 Å². The van der Waals surface area contributed by atoms with E-state index in [0.29, 0.717) is 11.7 Å². The molecule has 1 aliphatic rings. The standard InChI is InChI=1S/C16H26N2O3/c1-11-9-13(18-21-11)14(19)17-10-16(20)7-5-12(6-8-16)15(2,3)4/h9,12,20H,5-8,10H2,1-4H3,(H,17,19). The molecular weight excluding hydrogens is 268 g/mol. The van der Waals surface area contributed by atoms with Gasteiger partial charge < -0.3 is 14.9 Å². The van der Waals surface area contributed by atoms with Crippen molar-refractivity contribution < 1.29 is 14.4 Å². The molecule has 0 aromatic carbocycles. The maximum Gasteiger partial charge on any atom is 0.273 e. The van der Waals surface area contributed by atoms with E-state index in [1.54, 1.807) is 13.0 Å². The van der Waals surface area contributed by atoms with E-state index in [4.69, 9.17) is 4.52 Å². The molecule has 1 amide bonds. The fraction of sp³-hybridized carbons (Fsp3) is 0.750. The van der Waals surface area contributed by atoms with Crippen molar-refractivity contribution in [1.29, 1.82) is 0 Å². The zero-order valence-electron chi connectivity index (χ0n) is 13.4. The lowest BCUT2D eigenvalue weighted by Gasteiger charge is -2.41. The third-order valence-corrected chi connectivity index (χ3v) is 4.58. The van der Waals surface area contributed by atoms with Gasteiger partial charge in [-0.1, -0.05) is 25.9 Å². The Bertz CT molecular complexity index is 494. The van der Waals surface area contributed by atoms with Gasteiger partial charge in [0.15, 0.2) is 5.69 Å². The van der Waals surface area contributed by atoms with Gasteiger partial charge >= 0.3 is 0 Å². The zero-order valence-corrected chi connectivity index (χ0v) is 13.4. The summed E-state index contributed by atoms with van der Waals surface area (Å²) in [5.41, 5.74) is -0.251. The molecule has 0 radical (unpaired) electrons. The number of rotatable bonds is 3. The van der Waals surface area contributed by atoms with Crippen molar-refractivity contribution in [3.8, 4) is 0 Å². The molecule has 118 valence electrons. The minimum absolute atomic E-state index is 0.263. The Morgan fingerprint density at radius 2 is 2.10 bits per heavy atom. The van der Waals surface area contributed by atoms with Crippen LogP contribution in [-0.4, -0.2) is 28.3 Å². The summed E-state index contributed by atoms with van der Waals surface area (Å²) in [6.45, 7) is 8.75. The lowest BCUT2D eigenvalue weighted by molar-refractivity contribution is -0.0229. The highest BCUT2D eigenvalue weighted by Gasteiger charge is 2.37. The maximum absolute atomic E-state index is 11.9. The van der Waals surface area contributed by atoms with Crippen LogP contribution in [0.15, 0.2) is 10.6 Å². The number of aromatic nitrogens is 1. The normalized spacial score (nSPS) is 26.6. The van der Waals surface area contributed by atoms with E-state index in [-0.39, 0.29) is 23.6 Å². The number of nitrogens with one attached hydrogen (secondary N) is 1. The second-order valence-corrected chi connectivity index (χ2v) is 7.37. The number of aliphatic hydroxyl groups is 1. The van der Waals surface area contributed by atoms with Crippen molar-refractivity contribution in [3.05, 3.63) is 17.5 Å². The lowest BCUT2D eigenvalue weighted by Crippen LogP contribution is -2.46. The molecule has 1 aliphatic carbocycles. The summed E-state index contributed by atoms with van der Waals surface area (Å²) in [6, 6.07) is 1.59. The predicted molar refractivity (Wildman–Crippen MR) is 79.9 cm³/mol. The van der Waals surface area contributed by atoms with E-state index in [9.17, 15) is 9.90 Å². The second-order valence-electron chi connectivity index (χ2n) is 7.37. The molecule has 1 aromatic rings. The van der Waals surface area contributed by atoms with Gasteiger partial charge in [-0.05, 0) is 43.9 Å². The van der Waals surface area contributed by atoms with Crippen molar-refractivity contribution in [2.75, 3.05) is 6.54 Å². The van der Waals surface area contributed by atoms with E-state index in [0.717, 1.165) is 25.7 Å². The maximum atomic E-state index is 11.9. The predicted octanol–water partition coefficient (Wildman–Crippen LogP) is 2.68. The molecule has 2 rings (SSSR count). The van der Waals surface area contributed by atoms with Gasteiger partial charge in [0.1, 0.15) is 5.76 Å². The average molecular weight is 294 g/mol. The number of nitrogens with zero attached hydrogens (tertiary/aromatic N) is 1. The molecule has 0 unspecified atom stereocenters. The summed E-state index contributed by atoms with van der Waals surface area (Å²) in [4.78, 5) is 11.9. The van der Waals surface area contributed by atoms with Crippen LogP contribution in [0.5, 0.6) is 0 Å². The zero-order chi connectivity index (χ0) is 15.7. The Labute approximate surface area is 126 Å². The minimum Gasteiger partial charge on any atom is -0.388 e. The SMILES string of the molecule is Cc1cc(C(=O)NCC2(O)CCC(C(C)(C)C)CC2)no1. The molecule has 1 heterocycles. The molecule has 0 saturated heterocycles. The number of amides is 1. The van der Waals surface area contributed by atoms with E-state index in [1.807, 2.05) is 0 Å². The first-order valence-electron chi connectivity index (χ1n) is 7.63. The fourth-order valence-electron chi connectivity index (χ4n) is 3.01. The molecule has 0 bridgehead atoms. The van der Waals surface area contributed by atoms with Crippen molar-refractivity contribution >= 4 is 5.91 Å². The molecule has 0 atom stereocenters. The highest BCUT2D eigenvalue weighted by atomic mass is 16.5. The van der Waals surface area contributed by atoms with Crippen LogP contribution in [0.2, 0.25) is 0 Å². The first kappa shape index (κ1) is 16.0. The molecule has 0 aliphatic heterocycles. The van der Waals surface area contributed by atoms with Crippen LogP contribution in [0.1, 0.15) is 62.7 Å². The van der Waals surface area contributed by atoms with Gasteiger partial charge in [0.25, 0.3) is 5.91 Å². The highest BCUT2D eigenvalue weighted by molar-refractivity contribution is 5.92. The Kier molecular flexibility index (Phi) is 4.42. The molecule has 5 heteroatoms. The van der Waals surface area contributed by atoms with E-state index < -0.39 is 5.60 Å². The molecule has 1 fully saturated rings. The van der Waals surface area contributed by atoms with E-state index >= 15 is 0 Å². The smallest absolute Gasteiger partial charge is 0.273 e. The molecule has 1 aromatic heterocycles. The lowest BCUT2D eigenvalue weighted by atomic mass is 9.68. The Morgan fingerprint density at radius 1 is 1.48 bits per heavy atom. The monoisotopic (exact) mass is 294 g/mol. The van der Waals surface area contributed by atoms with Crippen LogP contribution >= 0.6 is 0 Å². The van der Waals surface area contributed by atoms with Gasteiger partial charge in [0.2, 0.25) is 0 Å². The van der Waals surface area contributed by atoms with Crippen LogP contribution in [-0.2, 0) is 0 Å². The summed E-state index contributed by atoms with van der Waals surface area (Å²) in [5.74, 6) is 0.939. The third-order valence-electron chi connectivity index (χ3n) is 4.58. The van der Waals surface area contributed by atoms with Gasteiger partial charge in [0.05, 0.1) is 5.60 Å². The Balaban J connectivity index is 1.85. The molecule has 0 spiro atoms. The number of carbonyl (C=O) groups is 1. The van der Waals surface area contributed by atoms with Gasteiger partial charge in [0, 0.05) is 12.6 Å². The van der Waals surface area contributed by atoms with Crippen molar-refractivity contribution in [2.24, 2.45) is 11.3 Å². The van der Waals surface area contributed by atoms with E-state index in [1.165, 1.54) is 0 Å². The molecule has 2 N–H and O–H groups in total. The first-order valence-corrected chi connectivity index (χ1v) is 7.63. The number of hydrogen-bond acceptors (Lipinski definition) is 4. The highest BCUT2D eigenvalue weighted by Crippen LogP contribution is 2.41. The number of aryl methyl sites for hydroxylation is 1. The summed E-state index contributed by atoms with van der Waals surface area (Å²) in [7, 11) is 0. The van der Waals surface area contributed by atoms with E-state index in [2.05, 4.69) is 31.2 Å². The number of carbonyl (C=O) groups excluding carboxylic acids is 1. The average Bonchev–Trinajstić information content (AvgIpc) is 2.82. The summed E-state index contributed by atoms with van der Waals surface area (Å²) >= 11 is 0. The molecule has 21 heavy (non-hydrogen) atoms. The quantitative estimate of drug-likeness (QED) is 0.898. The van der Waals surface area contributed by atoms with Crippen LogP contribution in [0.3, 0.4) is 0 Å². The molecular formula is C16H26N2O3. The fourth-order valence-corrected chi connectivity index (χ4v) is 3.01. The van der Waals surface area contributed by atoms with Gasteiger partial charge in [-0.2, -0.15) is 0 Å². The van der Waals surface area contributed by atoms with Crippen molar-refractivity contribution in [3.63, 3.8) is 0 Å². The molecule has 1 saturated carbocycles. The van der Waals surface area contributed by atoms with Crippen LogP contribution in [0, 0.1) is 18.3 Å². The number of hydrogen-bond donors (Lipinski definition) is 2. The van der Waals surface area contributed by atoms with Crippen molar-refractivity contribution in [1.82, 2.24) is 10.5 Å². The molecule has 5 nitrogen and oxygen atoms in total. The summed E-state index contributed by atoms with van der Waals surface area (Å²) in [5, 5.41) is 17.0. The minimum atomic E-state index is -0.795. The van der Waals surface area contributed by atoms with Crippen LogP contribution in [0.4, 0.5) is 0 Å². The third kappa shape index (κ3) is 4.06. The Morgan fingerprint density at radius 3 is 2.57 bits per heavy atom. The van der Waals surface area contributed by atoms with Gasteiger partial charge in [-0.15, -0.1) is 0 Å². The van der Waals surface area contributed by atoms with Crippen molar-refractivity contribution in [2.45, 2.75) is 59.0 Å². The van der Waals surface area contributed by atoms with Crippen LogP contribution < -0.4 is 5.32 Å². The summed E-state index contributed by atoms with van der Waals surface area (Å²) < 4.78 is 4.88. The van der Waals surface area contributed by atoms with Gasteiger partial charge in [-0.3, -0.25) is 4.79 Å². The van der Waals surface area contributed by atoms with Gasteiger partial charge in [-0.25, -0.2) is 0 Å². The first-order chi connectivity index (χ1) is 9.70. The van der Waals surface area contributed by atoms with Crippen LogP contribution in [0.25, 0.3) is 0 Å². The second kappa shape index (κ2) is 5.79. The summed E-state index contributed by atoms with van der Waals surface area (Å²) in [6.07, 6.45) is 3.46.